The van der Waals surface area contributed by atoms with Crippen LogP contribution in [0.1, 0.15) is 56.7 Å². The first kappa shape index (κ1) is 14.5. The SMILES string of the molecule is CCCc1ccc(C(N)CN(CCC)C2CC2)cc1. The summed E-state index contributed by atoms with van der Waals surface area (Å²) in [5.74, 6) is 0. The van der Waals surface area contributed by atoms with Gasteiger partial charge in [0.25, 0.3) is 0 Å². The fourth-order valence-corrected chi connectivity index (χ4v) is 2.73. The molecule has 1 aliphatic rings. The van der Waals surface area contributed by atoms with E-state index in [0.29, 0.717) is 0 Å². The number of nitrogens with zero attached hydrogens (tertiary/aromatic N) is 1. The quantitative estimate of drug-likeness (QED) is 0.775. The molecule has 1 unspecified atom stereocenters. The summed E-state index contributed by atoms with van der Waals surface area (Å²) in [6.45, 7) is 6.66. The minimum Gasteiger partial charge on any atom is -0.323 e. The van der Waals surface area contributed by atoms with Gasteiger partial charge in [-0.3, -0.25) is 4.90 Å². The second kappa shape index (κ2) is 7.06. The van der Waals surface area contributed by atoms with Gasteiger partial charge in [-0.05, 0) is 43.4 Å². The predicted molar refractivity (Wildman–Crippen MR) is 82.3 cm³/mol. The van der Waals surface area contributed by atoms with Gasteiger partial charge in [0.05, 0.1) is 0 Å². The maximum Gasteiger partial charge on any atom is 0.0424 e. The Kier molecular flexibility index (Phi) is 5.41. The molecule has 2 heteroatoms. The van der Waals surface area contributed by atoms with E-state index in [-0.39, 0.29) is 6.04 Å². The molecular formula is C17H28N2. The smallest absolute Gasteiger partial charge is 0.0424 e. The van der Waals surface area contributed by atoms with E-state index in [1.54, 1.807) is 0 Å². The van der Waals surface area contributed by atoms with Gasteiger partial charge >= 0.3 is 0 Å². The average molecular weight is 260 g/mol. The third-order valence-electron chi connectivity index (χ3n) is 3.95. The van der Waals surface area contributed by atoms with Gasteiger partial charge in [0.15, 0.2) is 0 Å². The molecular weight excluding hydrogens is 232 g/mol. The van der Waals surface area contributed by atoms with Crippen LogP contribution in [0, 0.1) is 0 Å². The Morgan fingerprint density at radius 3 is 2.37 bits per heavy atom. The number of benzene rings is 1. The van der Waals surface area contributed by atoms with E-state index in [4.69, 9.17) is 5.73 Å². The van der Waals surface area contributed by atoms with Crippen LogP contribution in [0.4, 0.5) is 0 Å². The van der Waals surface area contributed by atoms with E-state index in [1.165, 1.54) is 49.8 Å². The molecule has 0 heterocycles. The highest BCUT2D eigenvalue weighted by molar-refractivity contribution is 5.25. The van der Waals surface area contributed by atoms with Gasteiger partial charge < -0.3 is 5.73 Å². The number of nitrogens with two attached hydrogens (primary N) is 1. The highest BCUT2D eigenvalue weighted by Gasteiger charge is 2.29. The van der Waals surface area contributed by atoms with E-state index in [0.717, 1.165) is 12.6 Å². The van der Waals surface area contributed by atoms with Gasteiger partial charge in [0.2, 0.25) is 0 Å². The zero-order valence-corrected chi connectivity index (χ0v) is 12.4. The number of rotatable bonds is 8. The first-order chi connectivity index (χ1) is 9.24. The van der Waals surface area contributed by atoms with Crippen molar-refractivity contribution >= 4 is 0 Å². The molecule has 1 fully saturated rings. The third-order valence-corrected chi connectivity index (χ3v) is 3.95. The molecule has 1 saturated carbocycles. The van der Waals surface area contributed by atoms with Crippen molar-refractivity contribution in [1.82, 2.24) is 4.90 Å². The zero-order valence-electron chi connectivity index (χ0n) is 12.4. The summed E-state index contributed by atoms with van der Waals surface area (Å²) < 4.78 is 0. The van der Waals surface area contributed by atoms with Crippen LogP contribution in [0.25, 0.3) is 0 Å². The number of hydrogen-bond donors (Lipinski definition) is 1. The largest absolute Gasteiger partial charge is 0.323 e. The van der Waals surface area contributed by atoms with E-state index in [1.807, 2.05) is 0 Å². The molecule has 1 atom stereocenters. The molecule has 2 rings (SSSR count). The first-order valence-electron chi connectivity index (χ1n) is 7.83. The Balaban J connectivity index is 1.92. The topological polar surface area (TPSA) is 29.3 Å². The van der Waals surface area contributed by atoms with E-state index in [2.05, 4.69) is 43.0 Å². The molecule has 2 N–H and O–H groups in total. The lowest BCUT2D eigenvalue weighted by molar-refractivity contribution is 0.248. The van der Waals surface area contributed by atoms with Crippen LogP contribution in [-0.4, -0.2) is 24.0 Å². The molecule has 0 bridgehead atoms. The molecule has 0 spiro atoms. The van der Waals surface area contributed by atoms with Gasteiger partial charge in [0, 0.05) is 18.6 Å². The Labute approximate surface area is 118 Å². The van der Waals surface area contributed by atoms with E-state index in [9.17, 15) is 0 Å². The molecule has 0 amide bonds. The molecule has 0 aromatic heterocycles. The van der Waals surface area contributed by atoms with Crippen molar-refractivity contribution in [3.63, 3.8) is 0 Å². The van der Waals surface area contributed by atoms with E-state index < -0.39 is 0 Å². The lowest BCUT2D eigenvalue weighted by Gasteiger charge is -2.25. The lowest BCUT2D eigenvalue weighted by Crippen LogP contribution is -2.34. The Morgan fingerprint density at radius 2 is 1.84 bits per heavy atom. The maximum absolute atomic E-state index is 6.37. The zero-order chi connectivity index (χ0) is 13.7. The minimum absolute atomic E-state index is 0.155. The fraction of sp³-hybridized carbons (Fsp3) is 0.647. The van der Waals surface area contributed by atoms with Crippen molar-refractivity contribution in [3.8, 4) is 0 Å². The minimum atomic E-state index is 0.155. The number of aryl methyl sites for hydroxylation is 1. The second-order valence-electron chi connectivity index (χ2n) is 5.82. The Hall–Kier alpha value is -0.860. The summed E-state index contributed by atoms with van der Waals surface area (Å²) in [5, 5.41) is 0. The van der Waals surface area contributed by atoms with Crippen molar-refractivity contribution in [1.29, 1.82) is 0 Å². The van der Waals surface area contributed by atoms with Crippen molar-refractivity contribution < 1.29 is 0 Å². The highest BCUT2D eigenvalue weighted by atomic mass is 15.2. The normalized spacial score (nSPS) is 16.8. The fourth-order valence-electron chi connectivity index (χ4n) is 2.73. The van der Waals surface area contributed by atoms with Crippen LogP contribution in [-0.2, 0) is 6.42 Å². The van der Waals surface area contributed by atoms with Gasteiger partial charge in [-0.2, -0.15) is 0 Å². The maximum atomic E-state index is 6.37. The third kappa shape index (κ3) is 4.32. The summed E-state index contributed by atoms with van der Waals surface area (Å²) in [4.78, 5) is 2.57. The summed E-state index contributed by atoms with van der Waals surface area (Å²) in [6, 6.07) is 9.87. The first-order valence-corrected chi connectivity index (χ1v) is 7.83. The molecule has 2 nitrogen and oxygen atoms in total. The second-order valence-corrected chi connectivity index (χ2v) is 5.82. The molecule has 0 aliphatic heterocycles. The summed E-state index contributed by atoms with van der Waals surface area (Å²) in [6.07, 6.45) is 6.32. The standard InChI is InChI=1S/C17H28N2/c1-3-5-14-6-8-15(9-7-14)17(18)13-19(12-4-2)16-10-11-16/h6-9,16-17H,3-5,10-13,18H2,1-2H3. The summed E-state index contributed by atoms with van der Waals surface area (Å²) in [5.41, 5.74) is 9.08. The van der Waals surface area contributed by atoms with Crippen LogP contribution in [0.2, 0.25) is 0 Å². The molecule has 106 valence electrons. The van der Waals surface area contributed by atoms with Crippen molar-refractivity contribution in [2.24, 2.45) is 5.73 Å². The van der Waals surface area contributed by atoms with Gasteiger partial charge in [0.1, 0.15) is 0 Å². The van der Waals surface area contributed by atoms with Gasteiger partial charge in [-0.25, -0.2) is 0 Å². The molecule has 1 aromatic rings. The van der Waals surface area contributed by atoms with Crippen molar-refractivity contribution in [2.45, 2.75) is 58.0 Å². The van der Waals surface area contributed by atoms with E-state index >= 15 is 0 Å². The molecule has 19 heavy (non-hydrogen) atoms. The lowest BCUT2D eigenvalue weighted by atomic mass is 10.0. The van der Waals surface area contributed by atoms with Crippen LogP contribution < -0.4 is 5.73 Å². The Bertz CT molecular complexity index is 367. The molecule has 0 radical (unpaired) electrons. The van der Waals surface area contributed by atoms with Crippen LogP contribution in [0.5, 0.6) is 0 Å². The van der Waals surface area contributed by atoms with Crippen molar-refractivity contribution in [3.05, 3.63) is 35.4 Å². The number of hydrogen-bond acceptors (Lipinski definition) is 2. The average Bonchev–Trinajstić information content (AvgIpc) is 3.24. The summed E-state index contributed by atoms with van der Waals surface area (Å²) >= 11 is 0. The summed E-state index contributed by atoms with van der Waals surface area (Å²) in [7, 11) is 0. The Morgan fingerprint density at radius 1 is 1.16 bits per heavy atom. The van der Waals surface area contributed by atoms with Crippen LogP contribution >= 0.6 is 0 Å². The monoisotopic (exact) mass is 260 g/mol. The predicted octanol–water partition coefficient (Wildman–Crippen LogP) is 3.51. The molecule has 1 aromatic carbocycles. The molecule has 1 aliphatic carbocycles. The van der Waals surface area contributed by atoms with Gasteiger partial charge in [-0.15, -0.1) is 0 Å². The molecule has 0 saturated heterocycles. The van der Waals surface area contributed by atoms with Crippen LogP contribution in [0.15, 0.2) is 24.3 Å². The van der Waals surface area contributed by atoms with Gasteiger partial charge in [-0.1, -0.05) is 44.5 Å². The van der Waals surface area contributed by atoms with Crippen molar-refractivity contribution in [2.75, 3.05) is 13.1 Å². The highest BCUT2D eigenvalue weighted by Crippen LogP contribution is 2.28. The van der Waals surface area contributed by atoms with Crippen LogP contribution in [0.3, 0.4) is 0 Å².